The highest BCUT2D eigenvalue weighted by molar-refractivity contribution is 7.85. The van der Waals surface area contributed by atoms with E-state index in [1.807, 2.05) is 0 Å². The third-order valence-corrected chi connectivity index (χ3v) is 6.48. The van der Waals surface area contributed by atoms with Crippen LogP contribution in [0, 0.1) is 0 Å². The molecule has 1 aliphatic heterocycles. The Hall–Kier alpha value is -2.24. The molecule has 0 saturated carbocycles. The van der Waals surface area contributed by atoms with Gasteiger partial charge in [-0.3, -0.25) is 8.98 Å². The van der Waals surface area contributed by atoms with E-state index in [0.717, 1.165) is 6.26 Å². The molecule has 9 nitrogen and oxygen atoms in total. The number of methoxy groups -OCH3 is 3. The normalized spacial score (nSPS) is 18.1. The van der Waals surface area contributed by atoms with Gasteiger partial charge in [0.15, 0.2) is 17.7 Å². The summed E-state index contributed by atoms with van der Waals surface area (Å²) in [5.74, 6) is 0.655. The summed E-state index contributed by atoms with van der Waals surface area (Å²) in [5, 5.41) is 0.677. The summed E-state index contributed by atoms with van der Waals surface area (Å²) in [7, 11) is 0.796. The number of nitrogens with zero attached hydrogens (tertiary/aromatic N) is 1. The molecule has 0 spiro atoms. The second kappa shape index (κ2) is 11.0. The highest BCUT2D eigenvalue weighted by Crippen LogP contribution is 2.40. The van der Waals surface area contributed by atoms with E-state index in [0.29, 0.717) is 32.9 Å². The summed E-state index contributed by atoms with van der Waals surface area (Å²) in [6.07, 6.45) is -0.0395. The lowest BCUT2D eigenvalue weighted by Crippen LogP contribution is -2.32. The fourth-order valence-electron chi connectivity index (χ4n) is 3.59. The third-order valence-electron chi connectivity index (χ3n) is 5.14. The largest absolute Gasteiger partial charge is 0.493 e. The predicted octanol–water partition coefficient (Wildman–Crippen LogP) is 3.93. The summed E-state index contributed by atoms with van der Waals surface area (Å²) in [5.41, 5.74) is 0.901. The number of hydrogen-bond acceptors (Lipinski definition) is 8. The number of carbonyl (C=O) groups is 1. The van der Waals surface area contributed by atoms with Crippen molar-refractivity contribution in [1.82, 2.24) is 4.90 Å². The van der Waals surface area contributed by atoms with Crippen molar-refractivity contribution in [3.8, 4) is 17.2 Å². The molecule has 2 aromatic rings. The highest BCUT2D eigenvalue weighted by Gasteiger charge is 2.38. The third kappa shape index (κ3) is 6.05. The molecule has 1 amide bonds. The van der Waals surface area contributed by atoms with Crippen LogP contribution >= 0.6 is 23.2 Å². The molecule has 2 atom stereocenters. The van der Waals surface area contributed by atoms with Crippen LogP contribution in [0.25, 0.3) is 0 Å². The van der Waals surface area contributed by atoms with E-state index >= 15 is 0 Å². The summed E-state index contributed by atoms with van der Waals surface area (Å²) in [6.45, 7) is 0.108. The first kappa shape index (κ1) is 26.4. The molecule has 0 aromatic heterocycles. The molecule has 2 unspecified atom stereocenters. The Kier molecular flexibility index (Phi) is 8.53. The lowest BCUT2D eigenvalue weighted by atomic mass is 10.1. The number of carbonyl (C=O) groups excluding carboxylic acids is 1. The SMILES string of the molecule is COc1cc(C(=O)N2CC(CCOS(C)(=O)=O)OC2c2ccc(Cl)c(Cl)c2)cc(OC)c1OC. The van der Waals surface area contributed by atoms with Gasteiger partial charge >= 0.3 is 0 Å². The van der Waals surface area contributed by atoms with Crippen molar-refractivity contribution in [2.24, 2.45) is 0 Å². The first-order chi connectivity index (χ1) is 16.1. The molecule has 0 bridgehead atoms. The van der Waals surface area contributed by atoms with Crippen LogP contribution in [-0.2, 0) is 19.0 Å². The van der Waals surface area contributed by atoms with E-state index in [1.54, 1.807) is 30.3 Å². The lowest BCUT2D eigenvalue weighted by molar-refractivity contribution is -0.00357. The molecule has 0 radical (unpaired) electrons. The van der Waals surface area contributed by atoms with Gasteiger partial charge in [-0.15, -0.1) is 0 Å². The van der Waals surface area contributed by atoms with Gasteiger partial charge in [-0.1, -0.05) is 29.3 Å². The molecule has 0 N–H and O–H groups in total. The van der Waals surface area contributed by atoms with Gasteiger partial charge in [-0.25, -0.2) is 0 Å². The van der Waals surface area contributed by atoms with E-state index < -0.39 is 22.4 Å². The van der Waals surface area contributed by atoms with Crippen molar-refractivity contribution >= 4 is 39.2 Å². The number of amides is 1. The standard InChI is InChI=1S/C22H25Cl2NO8S/c1-29-18-10-14(11-19(30-2)20(18)31-3)21(26)25-12-15(7-8-32-34(4,27)28)33-22(25)13-5-6-16(23)17(24)9-13/h5-6,9-11,15,22H,7-8,12H2,1-4H3. The minimum absolute atomic E-state index is 0.0796. The zero-order chi connectivity index (χ0) is 25.0. The first-order valence-corrected chi connectivity index (χ1v) is 12.7. The van der Waals surface area contributed by atoms with Crippen molar-refractivity contribution in [3.05, 3.63) is 51.5 Å². The number of hydrogen-bond donors (Lipinski definition) is 0. The van der Waals surface area contributed by atoms with E-state index in [1.165, 1.54) is 26.2 Å². The van der Waals surface area contributed by atoms with Crippen LogP contribution in [0.1, 0.15) is 28.6 Å². The minimum atomic E-state index is -3.59. The van der Waals surface area contributed by atoms with Crippen LogP contribution < -0.4 is 14.2 Å². The highest BCUT2D eigenvalue weighted by atomic mass is 35.5. The molecule has 12 heteroatoms. The van der Waals surface area contributed by atoms with Crippen molar-refractivity contribution in [2.45, 2.75) is 18.8 Å². The second-order valence-corrected chi connectivity index (χ2v) is 9.93. The quantitative estimate of drug-likeness (QED) is 0.447. The van der Waals surface area contributed by atoms with Crippen LogP contribution in [-0.4, -0.2) is 66.1 Å². The second-order valence-electron chi connectivity index (χ2n) is 7.47. The molecule has 1 fully saturated rings. The average Bonchev–Trinajstić information content (AvgIpc) is 3.22. The zero-order valence-electron chi connectivity index (χ0n) is 19.0. The molecule has 3 rings (SSSR count). The predicted molar refractivity (Wildman–Crippen MR) is 127 cm³/mol. The van der Waals surface area contributed by atoms with E-state index in [2.05, 4.69) is 0 Å². The van der Waals surface area contributed by atoms with E-state index in [-0.39, 0.29) is 31.0 Å². The van der Waals surface area contributed by atoms with Gasteiger partial charge in [0.1, 0.15) is 0 Å². The van der Waals surface area contributed by atoms with Gasteiger partial charge in [-0.2, -0.15) is 8.42 Å². The van der Waals surface area contributed by atoms with Gasteiger partial charge in [0, 0.05) is 17.5 Å². The number of rotatable bonds is 9. The molecule has 186 valence electrons. The Balaban J connectivity index is 1.94. The van der Waals surface area contributed by atoms with Gasteiger partial charge in [-0.05, 0) is 24.3 Å². The van der Waals surface area contributed by atoms with E-state index in [9.17, 15) is 13.2 Å². The molecule has 1 aliphatic rings. The summed E-state index contributed by atoms with van der Waals surface area (Å²) in [6, 6.07) is 8.05. The monoisotopic (exact) mass is 533 g/mol. The summed E-state index contributed by atoms with van der Waals surface area (Å²) < 4.78 is 49.6. The lowest BCUT2D eigenvalue weighted by Gasteiger charge is -2.24. The Morgan fingerprint density at radius 1 is 1.06 bits per heavy atom. The van der Waals surface area contributed by atoms with Crippen LogP contribution in [0.4, 0.5) is 0 Å². The molecule has 1 saturated heterocycles. The first-order valence-electron chi connectivity index (χ1n) is 10.1. The van der Waals surface area contributed by atoms with Gasteiger partial charge < -0.3 is 23.8 Å². The number of halogens is 2. The number of benzene rings is 2. The molecule has 1 heterocycles. The van der Waals surface area contributed by atoms with E-state index in [4.69, 9.17) is 46.3 Å². The van der Waals surface area contributed by atoms with Crippen LogP contribution in [0.15, 0.2) is 30.3 Å². The van der Waals surface area contributed by atoms with Crippen molar-refractivity contribution in [2.75, 3.05) is 40.7 Å². The maximum Gasteiger partial charge on any atom is 0.264 e. The average molecular weight is 534 g/mol. The van der Waals surface area contributed by atoms with Gasteiger partial charge in [0.2, 0.25) is 5.75 Å². The zero-order valence-corrected chi connectivity index (χ0v) is 21.4. The smallest absolute Gasteiger partial charge is 0.264 e. The van der Waals surface area contributed by atoms with Gasteiger partial charge in [0.05, 0.1) is 56.9 Å². The molecular weight excluding hydrogens is 509 g/mol. The minimum Gasteiger partial charge on any atom is -0.493 e. The molecule has 2 aromatic carbocycles. The van der Waals surface area contributed by atoms with Crippen LogP contribution in [0.3, 0.4) is 0 Å². The fraction of sp³-hybridized carbons (Fsp3) is 0.409. The number of ether oxygens (including phenoxy) is 4. The van der Waals surface area contributed by atoms with Crippen molar-refractivity contribution < 1.29 is 36.3 Å². The van der Waals surface area contributed by atoms with Crippen molar-refractivity contribution in [1.29, 1.82) is 0 Å². The Bertz CT molecular complexity index is 1130. The summed E-state index contributed by atoms with van der Waals surface area (Å²) >= 11 is 12.2. The maximum atomic E-state index is 13.6. The summed E-state index contributed by atoms with van der Waals surface area (Å²) in [4.78, 5) is 15.1. The topological polar surface area (TPSA) is 101 Å². The fourth-order valence-corrected chi connectivity index (χ4v) is 4.29. The maximum absolute atomic E-state index is 13.6. The van der Waals surface area contributed by atoms with Gasteiger partial charge in [0.25, 0.3) is 16.0 Å². The Morgan fingerprint density at radius 3 is 2.24 bits per heavy atom. The van der Waals surface area contributed by atoms with Crippen LogP contribution in [0.2, 0.25) is 10.0 Å². The van der Waals surface area contributed by atoms with Crippen LogP contribution in [0.5, 0.6) is 17.2 Å². The Labute approximate surface area is 208 Å². The Morgan fingerprint density at radius 2 is 1.71 bits per heavy atom. The molecular formula is C22H25Cl2NO8S. The molecule has 34 heavy (non-hydrogen) atoms. The van der Waals surface area contributed by atoms with Crippen molar-refractivity contribution in [3.63, 3.8) is 0 Å². The molecule has 0 aliphatic carbocycles.